The Morgan fingerprint density at radius 1 is 1.07 bits per heavy atom. The van der Waals surface area contributed by atoms with E-state index in [4.69, 9.17) is 4.74 Å². The first-order valence-electron chi connectivity index (χ1n) is 10.4. The first-order valence-corrected chi connectivity index (χ1v) is 12.0. The molecule has 2 aliphatic heterocycles. The monoisotopic (exact) mass is 394 g/mol. The quantitative estimate of drug-likeness (QED) is 0.764. The van der Waals surface area contributed by atoms with E-state index >= 15 is 0 Å². The van der Waals surface area contributed by atoms with Crippen molar-refractivity contribution in [3.05, 3.63) is 12.7 Å². The lowest BCUT2D eigenvalue weighted by Gasteiger charge is -2.43. The first-order chi connectivity index (χ1) is 13.0. The fraction of sp³-hybridized carbons (Fsp3) is 0.895. The van der Waals surface area contributed by atoms with Crippen molar-refractivity contribution in [2.24, 2.45) is 16.7 Å². The molecule has 0 amide bonds. The average Bonchev–Trinajstić information content (AvgIpc) is 3.36. The van der Waals surface area contributed by atoms with Crippen LogP contribution in [0.5, 0.6) is 0 Å². The Bertz CT molecular complexity index is 769. The van der Waals surface area contributed by atoms with E-state index in [0.29, 0.717) is 19.0 Å². The molecule has 3 heterocycles. The molecule has 4 fully saturated rings. The van der Waals surface area contributed by atoms with Gasteiger partial charge in [0.05, 0.1) is 18.5 Å². The lowest BCUT2D eigenvalue weighted by molar-refractivity contribution is 0.0843. The highest BCUT2D eigenvalue weighted by Crippen LogP contribution is 2.53. The van der Waals surface area contributed by atoms with E-state index in [0.717, 1.165) is 32.4 Å². The molecular weight excluding hydrogens is 364 g/mol. The number of hydrogen-bond donors (Lipinski definition) is 0. The van der Waals surface area contributed by atoms with Gasteiger partial charge in [-0.1, -0.05) is 19.3 Å². The van der Waals surface area contributed by atoms with E-state index in [9.17, 15) is 8.42 Å². The summed E-state index contributed by atoms with van der Waals surface area (Å²) in [6.07, 6.45) is 12.7. The number of aromatic nitrogens is 3. The first kappa shape index (κ1) is 18.1. The molecular formula is C19H30N4O3S. The van der Waals surface area contributed by atoms with Gasteiger partial charge in [0.15, 0.2) is 0 Å². The summed E-state index contributed by atoms with van der Waals surface area (Å²) >= 11 is 0. The Morgan fingerprint density at radius 2 is 1.81 bits per heavy atom. The van der Waals surface area contributed by atoms with E-state index < -0.39 is 10.0 Å². The van der Waals surface area contributed by atoms with Crippen LogP contribution >= 0.6 is 0 Å². The molecule has 5 rings (SSSR count). The molecule has 4 aliphatic rings. The zero-order chi connectivity index (χ0) is 18.5. The SMILES string of the molecule is O=S(=O)(CC1CC2(CCCC2)CO1)N1CC(Cn2cnnc2)C2(CCC2)C1. The Hall–Kier alpha value is -0.990. The lowest BCUT2D eigenvalue weighted by atomic mass is 9.63. The standard InChI is InChI=1S/C19H30N4O3S/c24-27(25,11-17-8-18(13-26-17)4-1-2-5-18)23-10-16(9-22-14-20-21-15-22)19(12-23)6-3-7-19/h14-17H,1-13H2. The Morgan fingerprint density at radius 3 is 2.48 bits per heavy atom. The van der Waals surface area contributed by atoms with Crippen molar-refractivity contribution in [3.8, 4) is 0 Å². The van der Waals surface area contributed by atoms with E-state index in [-0.39, 0.29) is 22.7 Å². The van der Waals surface area contributed by atoms with Crippen molar-refractivity contribution < 1.29 is 13.2 Å². The van der Waals surface area contributed by atoms with E-state index in [1.54, 1.807) is 17.0 Å². The molecule has 1 aromatic heterocycles. The van der Waals surface area contributed by atoms with Crippen LogP contribution in [0.25, 0.3) is 0 Å². The maximum absolute atomic E-state index is 13.2. The van der Waals surface area contributed by atoms with Crippen molar-refractivity contribution in [1.29, 1.82) is 0 Å². The highest BCUT2D eigenvalue weighted by atomic mass is 32.2. The van der Waals surface area contributed by atoms with Crippen LogP contribution in [0.4, 0.5) is 0 Å². The summed E-state index contributed by atoms with van der Waals surface area (Å²) in [4.78, 5) is 0. The molecule has 0 radical (unpaired) electrons. The predicted molar refractivity (Wildman–Crippen MR) is 100 cm³/mol. The molecule has 2 aliphatic carbocycles. The maximum Gasteiger partial charge on any atom is 0.216 e. The van der Waals surface area contributed by atoms with Gasteiger partial charge in [-0.15, -0.1) is 10.2 Å². The van der Waals surface area contributed by atoms with Crippen LogP contribution in [-0.4, -0.2) is 59.0 Å². The zero-order valence-electron chi connectivity index (χ0n) is 15.9. The normalized spacial score (nSPS) is 32.4. The summed E-state index contributed by atoms with van der Waals surface area (Å²) in [5.74, 6) is 0.507. The molecule has 1 aromatic rings. The van der Waals surface area contributed by atoms with Crippen LogP contribution < -0.4 is 0 Å². The number of hydrogen-bond acceptors (Lipinski definition) is 5. The number of ether oxygens (including phenoxy) is 1. The minimum atomic E-state index is -3.28. The second kappa shape index (κ2) is 6.52. The molecule has 2 spiro atoms. The third-order valence-electron chi connectivity index (χ3n) is 7.77. The van der Waals surface area contributed by atoms with Crippen LogP contribution in [-0.2, 0) is 21.3 Å². The van der Waals surface area contributed by atoms with Gasteiger partial charge in [0.2, 0.25) is 10.0 Å². The molecule has 7 nitrogen and oxygen atoms in total. The molecule has 8 heteroatoms. The number of rotatable bonds is 5. The topological polar surface area (TPSA) is 77.3 Å². The molecule has 0 aromatic carbocycles. The van der Waals surface area contributed by atoms with Gasteiger partial charge in [0.25, 0.3) is 0 Å². The van der Waals surface area contributed by atoms with Gasteiger partial charge < -0.3 is 9.30 Å². The highest BCUT2D eigenvalue weighted by Gasteiger charge is 2.53. The average molecular weight is 395 g/mol. The predicted octanol–water partition coefficient (Wildman–Crippen LogP) is 2.06. The van der Waals surface area contributed by atoms with Gasteiger partial charge >= 0.3 is 0 Å². The Kier molecular flexibility index (Phi) is 4.37. The van der Waals surface area contributed by atoms with Gasteiger partial charge in [-0.2, -0.15) is 0 Å². The molecule has 2 saturated carbocycles. The van der Waals surface area contributed by atoms with Crippen molar-refractivity contribution >= 4 is 10.0 Å². The second-order valence-corrected chi connectivity index (χ2v) is 11.5. The lowest BCUT2D eigenvalue weighted by Crippen LogP contribution is -2.40. The van der Waals surface area contributed by atoms with Crippen LogP contribution in [0.1, 0.15) is 51.4 Å². The molecule has 2 saturated heterocycles. The Balaban J connectivity index is 1.26. The fourth-order valence-corrected chi connectivity index (χ4v) is 7.79. The minimum absolute atomic E-state index is 0.123. The van der Waals surface area contributed by atoms with Gasteiger partial charge in [-0.05, 0) is 48.9 Å². The smallest absolute Gasteiger partial charge is 0.216 e. The van der Waals surface area contributed by atoms with Crippen molar-refractivity contribution in [3.63, 3.8) is 0 Å². The van der Waals surface area contributed by atoms with Gasteiger partial charge in [0, 0.05) is 19.6 Å². The maximum atomic E-state index is 13.2. The van der Waals surface area contributed by atoms with E-state index in [1.807, 2.05) is 4.57 Å². The van der Waals surface area contributed by atoms with E-state index in [2.05, 4.69) is 10.2 Å². The summed E-state index contributed by atoms with van der Waals surface area (Å²) in [5.41, 5.74) is 0.428. The molecule has 0 N–H and O–H groups in total. The largest absolute Gasteiger partial charge is 0.377 e. The summed E-state index contributed by atoms with van der Waals surface area (Å²) < 4.78 is 36.1. The molecule has 0 bridgehead atoms. The van der Waals surface area contributed by atoms with E-state index in [1.165, 1.54) is 32.1 Å². The van der Waals surface area contributed by atoms with Gasteiger partial charge in [-0.3, -0.25) is 0 Å². The summed E-state index contributed by atoms with van der Waals surface area (Å²) in [6.45, 7) is 2.87. The molecule has 2 atom stereocenters. The number of sulfonamides is 1. The van der Waals surface area contributed by atoms with Gasteiger partial charge in [-0.25, -0.2) is 12.7 Å². The fourth-order valence-electron chi connectivity index (χ4n) is 6.03. The third-order valence-corrected chi connectivity index (χ3v) is 9.63. The van der Waals surface area contributed by atoms with Crippen molar-refractivity contribution in [2.45, 2.75) is 64.0 Å². The summed E-state index contributed by atoms with van der Waals surface area (Å²) in [7, 11) is -3.28. The van der Waals surface area contributed by atoms with Gasteiger partial charge in [0.1, 0.15) is 12.7 Å². The van der Waals surface area contributed by atoms with Crippen LogP contribution in [0.3, 0.4) is 0 Å². The molecule has 2 unspecified atom stereocenters. The highest BCUT2D eigenvalue weighted by molar-refractivity contribution is 7.89. The zero-order valence-corrected chi connectivity index (χ0v) is 16.7. The number of nitrogens with zero attached hydrogens (tertiary/aromatic N) is 4. The Labute approximate surface area is 161 Å². The van der Waals surface area contributed by atoms with Crippen LogP contribution in [0.2, 0.25) is 0 Å². The second-order valence-electron chi connectivity index (χ2n) is 9.49. The third kappa shape index (κ3) is 3.23. The van der Waals surface area contributed by atoms with Crippen molar-refractivity contribution in [2.75, 3.05) is 25.4 Å². The van der Waals surface area contributed by atoms with Crippen LogP contribution in [0.15, 0.2) is 12.7 Å². The minimum Gasteiger partial charge on any atom is -0.377 e. The summed E-state index contributed by atoms with van der Waals surface area (Å²) in [6, 6.07) is 0. The van der Waals surface area contributed by atoms with Crippen molar-refractivity contribution in [1.82, 2.24) is 19.1 Å². The summed E-state index contributed by atoms with van der Waals surface area (Å²) in [5, 5.41) is 7.78. The molecule has 150 valence electrons. The van der Waals surface area contributed by atoms with Crippen LogP contribution in [0, 0.1) is 16.7 Å². The molecule has 27 heavy (non-hydrogen) atoms.